The van der Waals surface area contributed by atoms with Gasteiger partial charge in [0, 0.05) is 43.8 Å². The first-order valence-electron chi connectivity index (χ1n) is 14.1. The van der Waals surface area contributed by atoms with Crippen LogP contribution in [0.1, 0.15) is 50.7 Å². The van der Waals surface area contributed by atoms with Crippen LogP contribution in [0.4, 0.5) is 14.5 Å². The average molecular weight is 626 g/mol. The number of nitrogens with zero attached hydrogens (tertiary/aromatic N) is 1. The van der Waals surface area contributed by atoms with Crippen LogP contribution in [-0.2, 0) is 15.0 Å². The number of fused-ring (bicyclic) bond motifs is 2. The minimum atomic E-state index is -1.43. The Kier molecular flexibility index (Phi) is 8.61. The molecule has 0 aliphatic carbocycles. The van der Waals surface area contributed by atoms with E-state index >= 15 is 4.39 Å². The molecule has 0 radical (unpaired) electrons. The highest BCUT2D eigenvalue weighted by molar-refractivity contribution is 6.31. The number of likely N-dealkylation sites (tertiary alicyclic amines) is 1. The largest absolute Gasteiger partial charge is 0.389 e. The second kappa shape index (κ2) is 11.6. The van der Waals surface area contributed by atoms with Crippen LogP contribution in [0.3, 0.4) is 0 Å². The molecule has 3 heterocycles. The van der Waals surface area contributed by atoms with Gasteiger partial charge >= 0.3 is 0 Å². The van der Waals surface area contributed by atoms with Crippen molar-refractivity contribution in [3.8, 4) is 0 Å². The van der Waals surface area contributed by atoms with Crippen molar-refractivity contribution in [1.82, 2.24) is 15.5 Å². The molecule has 0 aromatic heterocycles. The molecule has 3 aliphatic heterocycles. The lowest BCUT2D eigenvalue weighted by Crippen LogP contribution is -2.49. The predicted octanol–water partition coefficient (Wildman–Crippen LogP) is 3.57. The molecule has 0 unspecified atom stereocenters. The number of hydrogen-bond donors (Lipinski definition) is 5. The van der Waals surface area contributed by atoms with Crippen molar-refractivity contribution < 1.29 is 28.6 Å². The number of rotatable bonds is 7. The van der Waals surface area contributed by atoms with E-state index in [0.717, 1.165) is 0 Å². The van der Waals surface area contributed by atoms with E-state index in [-0.39, 0.29) is 21.4 Å². The predicted molar refractivity (Wildman–Crippen MR) is 157 cm³/mol. The van der Waals surface area contributed by atoms with Gasteiger partial charge < -0.3 is 26.2 Å². The summed E-state index contributed by atoms with van der Waals surface area (Å²) < 4.78 is 29.3. The summed E-state index contributed by atoms with van der Waals surface area (Å²) in [7, 11) is 0. The molecule has 0 saturated carbocycles. The smallest absolute Gasteiger partial charge is 0.237 e. The Morgan fingerprint density at radius 2 is 1.76 bits per heavy atom. The van der Waals surface area contributed by atoms with Crippen molar-refractivity contribution in [1.29, 1.82) is 0 Å². The van der Waals surface area contributed by atoms with E-state index in [0.29, 0.717) is 55.8 Å². The molecule has 0 bridgehead atoms. The highest BCUT2D eigenvalue weighted by Gasteiger charge is 2.66. The van der Waals surface area contributed by atoms with Crippen LogP contribution in [-0.4, -0.2) is 77.4 Å². The van der Waals surface area contributed by atoms with Crippen LogP contribution >= 0.6 is 23.2 Å². The normalized spacial score (nSPS) is 29.3. The summed E-state index contributed by atoms with van der Waals surface area (Å²) in [6.45, 7) is 7.64. The summed E-state index contributed by atoms with van der Waals surface area (Å²) in [6, 6.07) is 5.22. The van der Waals surface area contributed by atoms with Crippen LogP contribution < -0.4 is 16.0 Å². The first-order valence-corrected chi connectivity index (χ1v) is 14.9. The summed E-state index contributed by atoms with van der Waals surface area (Å²) in [6.07, 6.45) is -0.559. The lowest BCUT2D eigenvalue weighted by Gasteiger charge is -2.37. The molecular weight excluding hydrogens is 589 g/mol. The van der Waals surface area contributed by atoms with Crippen LogP contribution in [0.15, 0.2) is 30.3 Å². The third-order valence-electron chi connectivity index (χ3n) is 8.57. The van der Waals surface area contributed by atoms with Gasteiger partial charge in [0.15, 0.2) is 0 Å². The maximum Gasteiger partial charge on any atom is 0.237 e. The van der Waals surface area contributed by atoms with Crippen LogP contribution in [0, 0.1) is 17.0 Å². The molecule has 42 heavy (non-hydrogen) atoms. The highest BCUT2D eigenvalue weighted by Crippen LogP contribution is 2.57. The highest BCUT2D eigenvalue weighted by atomic mass is 35.5. The van der Waals surface area contributed by atoms with Gasteiger partial charge in [0.25, 0.3) is 0 Å². The lowest BCUT2D eigenvalue weighted by molar-refractivity contribution is -0.123. The summed E-state index contributed by atoms with van der Waals surface area (Å²) in [5.41, 5.74) is -0.521. The Morgan fingerprint density at radius 3 is 2.40 bits per heavy atom. The van der Waals surface area contributed by atoms with Crippen molar-refractivity contribution in [2.24, 2.45) is 5.41 Å². The molecule has 3 aliphatic rings. The third-order valence-corrected chi connectivity index (χ3v) is 9.15. The van der Waals surface area contributed by atoms with Crippen molar-refractivity contribution in [3.05, 3.63) is 63.1 Å². The summed E-state index contributed by atoms with van der Waals surface area (Å²) in [4.78, 5) is 29.9. The van der Waals surface area contributed by atoms with Gasteiger partial charge in [-0.05, 0) is 53.6 Å². The molecule has 2 fully saturated rings. The van der Waals surface area contributed by atoms with Gasteiger partial charge in [-0.3, -0.25) is 14.5 Å². The number of halogens is 4. The molecule has 5 N–H and O–H groups in total. The fraction of sp³-hybridized carbons (Fsp3) is 0.533. The van der Waals surface area contributed by atoms with E-state index in [1.807, 2.05) is 25.7 Å². The second-order valence-corrected chi connectivity index (χ2v) is 13.6. The molecule has 1 spiro atoms. The zero-order chi connectivity index (χ0) is 30.6. The number of anilines is 1. The van der Waals surface area contributed by atoms with Gasteiger partial charge in [0.2, 0.25) is 11.8 Å². The first kappa shape index (κ1) is 31.1. The molecule has 228 valence electrons. The van der Waals surface area contributed by atoms with Crippen LogP contribution in [0.25, 0.3) is 0 Å². The standard InChI is InChI=1S/C30H36Cl2F2N4O4/c1-29(2,3)12-24-30(16-10-20(34)18(32)11-21(16)36-28(30)42)25(15-5-6-19(33)17(31)9-15)26(37-24)27(41)35-7-4-8-38-13-22(39)23(40)14-38/h5-6,9-11,22-26,37,39-40H,4,7-8,12-14H2,1-3H3,(H,35,41)(H,36,42)/t22-,23+,24-,25+,26-,30+/m1/s1. The Morgan fingerprint density at radius 1 is 1.10 bits per heavy atom. The Bertz CT molecular complexity index is 1380. The SMILES string of the molecule is CC(C)(C)C[C@H]1N[C@@H](C(=O)NCCCN2C[C@@H](O)[C@@H](O)C2)[C@H](c2ccc(F)c(Cl)c2)[C@@]12C(=O)Nc1cc(Cl)c(F)cc12. The van der Waals surface area contributed by atoms with Gasteiger partial charge in [0.1, 0.15) is 17.0 Å². The molecule has 2 aromatic carbocycles. The number of amides is 2. The summed E-state index contributed by atoms with van der Waals surface area (Å²) in [5.74, 6) is -2.98. The van der Waals surface area contributed by atoms with Gasteiger partial charge in [-0.2, -0.15) is 0 Å². The molecule has 5 rings (SSSR count). The van der Waals surface area contributed by atoms with Crippen LogP contribution in [0.2, 0.25) is 10.0 Å². The molecule has 2 amide bonds. The molecule has 2 aromatic rings. The molecule has 12 heteroatoms. The maximum absolute atomic E-state index is 15.0. The van der Waals surface area contributed by atoms with Crippen molar-refractivity contribution in [2.75, 3.05) is 31.5 Å². The Hall–Kier alpha value is -2.34. The van der Waals surface area contributed by atoms with Gasteiger partial charge in [-0.15, -0.1) is 0 Å². The third kappa shape index (κ3) is 5.65. The number of hydrogen-bond acceptors (Lipinski definition) is 6. The second-order valence-electron chi connectivity index (χ2n) is 12.8. The molecule has 2 saturated heterocycles. The number of β-amino-alcohol motifs (C(OH)–C–C–N with tert-alkyl or cyclic N) is 2. The minimum absolute atomic E-state index is 0.141. The van der Waals surface area contributed by atoms with E-state index in [9.17, 15) is 24.2 Å². The minimum Gasteiger partial charge on any atom is -0.389 e. The first-order chi connectivity index (χ1) is 19.7. The van der Waals surface area contributed by atoms with E-state index in [2.05, 4.69) is 16.0 Å². The number of nitrogens with one attached hydrogen (secondary N) is 3. The maximum atomic E-state index is 15.0. The Balaban J connectivity index is 1.52. The monoisotopic (exact) mass is 624 g/mol. The van der Waals surface area contributed by atoms with Crippen molar-refractivity contribution in [2.45, 2.75) is 69.2 Å². The van der Waals surface area contributed by atoms with Gasteiger partial charge in [-0.25, -0.2) is 8.78 Å². The molecule has 6 atom stereocenters. The number of carbonyl (C=O) groups excluding carboxylic acids is 2. The van der Waals surface area contributed by atoms with Gasteiger partial charge in [0.05, 0.1) is 28.3 Å². The van der Waals surface area contributed by atoms with Crippen molar-refractivity contribution >= 4 is 40.7 Å². The molecular formula is C30H36Cl2F2N4O4. The average Bonchev–Trinajstić information content (AvgIpc) is 3.50. The van der Waals surface area contributed by atoms with E-state index < -0.39 is 53.2 Å². The fourth-order valence-corrected chi connectivity index (χ4v) is 7.15. The zero-order valence-electron chi connectivity index (χ0n) is 23.7. The fourth-order valence-electron chi connectivity index (χ4n) is 6.79. The number of aliphatic hydroxyl groups is 2. The topological polar surface area (TPSA) is 114 Å². The van der Waals surface area contributed by atoms with E-state index in [1.165, 1.54) is 30.3 Å². The summed E-state index contributed by atoms with van der Waals surface area (Å²) in [5, 5.41) is 28.5. The van der Waals surface area contributed by atoms with E-state index in [1.54, 1.807) is 0 Å². The van der Waals surface area contributed by atoms with Gasteiger partial charge in [-0.1, -0.05) is 50.0 Å². The zero-order valence-corrected chi connectivity index (χ0v) is 25.2. The number of aliphatic hydroxyl groups excluding tert-OH is 2. The number of benzene rings is 2. The van der Waals surface area contributed by atoms with Crippen LogP contribution in [0.5, 0.6) is 0 Å². The summed E-state index contributed by atoms with van der Waals surface area (Å²) >= 11 is 12.3. The lowest BCUT2D eigenvalue weighted by atomic mass is 9.62. The van der Waals surface area contributed by atoms with Crippen molar-refractivity contribution in [3.63, 3.8) is 0 Å². The number of carbonyl (C=O) groups is 2. The Labute approximate surface area is 253 Å². The quantitative estimate of drug-likeness (QED) is 0.301. The molecule has 8 nitrogen and oxygen atoms in total. The van der Waals surface area contributed by atoms with E-state index in [4.69, 9.17) is 23.2 Å².